The van der Waals surface area contributed by atoms with Crippen LogP contribution < -0.4 is 0 Å². The first-order valence-corrected chi connectivity index (χ1v) is 5.96. The standard InChI is InChI=1S/C13H19NO/c1-2-4-10-6-7-11(15)9-12(10)13-5-3-8-14-13/h3,5,8,10,12,14H,2,4,6-7,9H2,1H3. The van der Waals surface area contributed by atoms with Crippen molar-refractivity contribution in [2.75, 3.05) is 0 Å². The molecule has 2 unspecified atom stereocenters. The van der Waals surface area contributed by atoms with E-state index in [0.717, 1.165) is 19.3 Å². The zero-order valence-electron chi connectivity index (χ0n) is 9.33. The largest absolute Gasteiger partial charge is 0.365 e. The van der Waals surface area contributed by atoms with E-state index in [1.165, 1.54) is 18.5 Å². The summed E-state index contributed by atoms with van der Waals surface area (Å²) in [5.74, 6) is 1.58. The fraction of sp³-hybridized carbons (Fsp3) is 0.615. The van der Waals surface area contributed by atoms with Gasteiger partial charge >= 0.3 is 0 Å². The van der Waals surface area contributed by atoms with Gasteiger partial charge in [0.25, 0.3) is 0 Å². The van der Waals surface area contributed by atoms with Crippen LogP contribution in [-0.2, 0) is 4.79 Å². The Balaban J connectivity index is 2.13. The van der Waals surface area contributed by atoms with Crippen LogP contribution in [0.2, 0.25) is 0 Å². The molecule has 0 amide bonds. The summed E-state index contributed by atoms with van der Waals surface area (Å²) in [6, 6.07) is 4.14. The van der Waals surface area contributed by atoms with E-state index >= 15 is 0 Å². The van der Waals surface area contributed by atoms with Crippen LogP contribution in [0.5, 0.6) is 0 Å². The summed E-state index contributed by atoms with van der Waals surface area (Å²) in [6.45, 7) is 2.22. The number of nitrogens with one attached hydrogen (secondary N) is 1. The Bertz CT molecular complexity index is 315. The molecule has 1 aliphatic carbocycles. The van der Waals surface area contributed by atoms with Gasteiger partial charge in [-0.05, 0) is 24.5 Å². The molecule has 0 radical (unpaired) electrons. The highest BCUT2D eigenvalue weighted by Crippen LogP contribution is 2.37. The average Bonchev–Trinajstić information content (AvgIpc) is 2.74. The minimum Gasteiger partial charge on any atom is -0.365 e. The fourth-order valence-electron chi connectivity index (χ4n) is 2.72. The van der Waals surface area contributed by atoms with E-state index < -0.39 is 0 Å². The molecule has 1 heterocycles. The summed E-state index contributed by atoms with van der Waals surface area (Å²) in [6.07, 6.45) is 7.04. The summed E-state index contributed by atoms with van der Waals surface area (Å²) in [7, 11) is 0. The minimum atomic E-state index is 0.432. The van der Waals surface area contributed by atoms with E-state index in [9.17, 15) is 4.79 Å². The number of ketones is 1. The van der Waals surface area contributed by atoms with Crippen LogP contribution in [0.1, 0.15) is 50.6 Å². The number of H-pyrrole nitrogens is 1. The van der Waals surface area contributed by atoms with Gasteiger partial charge < -0.3 is 4.98 Å². The maximum absolute atomic E-state index is 11.5. The van der Waals surface area contributed by atoms with Gasteiger partial charge in [-0.15, -0.1) is 0 Å². The van der Waals surface area contributed by atoms with Crippen molar-refractivity contribution >= 4 is 5.78 Å². The lowest BCUT2D eigenvalue weighted by molar-refractivity contribution is -0.121. The first-order chi connectivity index (χ1) is 7.31. The number of Topliss-reactive ketones (excluding diaryl/α,β-unsaturated/α-hetero) is 1. The highest BCUT2D eigenvalue weighted by Gasteiger charge is 2.30. The Morgan fingerprint density at radius 3 is 3.07 bits per heavy atom. The quantitative estimate of drug-likeness (QED) is 0.807. The second-order valence-electron chi connectivity index (χ2n) is 4.56. The first kappa shape index (κ1) is 10.5. The number of carbonyl (C=O) groups excluding carboxylic acids is 1. The topological polar surface area (TPSA) is 32.9 Å². The molecule has 0 bridgehead atoms. The smallest absolute Gasteiger partial charge is 0.133 e. The Morgan fingerprint density at radius 1 is 1.53 bits per heavy atom. The molecule has 1 fully saturated rings. The van der Waals surface area contributed by atoms with Gasteiger partial charge in [0, 0.05) is 30.7 Å². The zero-order valence-corrected chi connectivity index (χ0v) is 9.33. The van der Waals surface area contributed by atoms with Gasteiger partial charge in [0.1, 0.15) is 5.78 Å². The van der Waals surface area contributed by atoms with Crippen LogP contribution in [0, 0.1) is 5.92 Å². The van der Waals surface area contributed by atoms with E-state index in [1.54, 1.807) is 0 Å². The molecule has 0 aliphatic heterocycles. The third kappa shape index (κ3) is 2.31. The molecule has 15 heavy (non-hydrogen) atoms. The molecule has 2 heteroatoms. The summed E-state index contributed by atoms with van der Waals surface area (Å²) in [5, 5.41) is 0. The van der Waals surface area contributed by atoms with E-state index in [4.69, 9.17) is 0 Å². The highest BCUT2D eigenvalue weighted by atomic mass is 16.1. The minimum absolute atomic E-state index is 0.432. The van der Waals surface area contributed by atoms with Gasteiger partial charge in [-0.25, -0.2) is 0 Å². The molecule has 2 atom stereocenters. The summed E-state index contributed by atoms with van der Waals surface area (Å²) in [5.41, 5.74) is 1.25. The van der Waals surface area contributed by atoms with Crippen molar-refractivity contribution < 1.29 is 4.79 Å². The summed E-state index contributed by atoms with van der Waals surface area (Å²) >= 11 is 0. The normalized spacial score (nSPS) is 26.9. The maximum Gasteiger partial charge on any atom is 0.133 e. The molecule has 0 saturated heterocycles. The van der Waals surface area contributed by atoms with Gasteiger partial charge in [0.2, 0.25) is 0 Å². The molecule has 0 aromatic carbocycles. The Hall–Kier alpha value is -1.05. The lowest BCUT2D eigenvalue weighted by Gasteiger charge is -2.30. The van der Waals surface area contributed by atoms with Gasteiger partial charge in [-0.1, -0.05) is 19.8 Å². The number of rotatable bonds is 3. The molecule has 2 nitrogen and oxygen atoms in total. The van der Waals surface area contributed by atoms with Crippen molar-refractivity contribution in [2.24, 2.45) is 5.92 Å². The van der Waals surface area contributed by atoms with Gasteiger partial charge in [0.15, 0.2) is 0 Å². The van der Waals surface area contributed by atoms with Crippen LogP contribution >= 0.6 is 0 Å². The Kier molecular flexibility index (Phi) is 3.24. The second kappa shape index (κ2) is 4.65. The Morgan fingerprint density at radius 2 is 2.40 bits per heavy atom. The van der Waals surface area contributed by atoms with Crippen LogP contribution in [0.15, 0.2) is 18.3 Å². The van der Waals surface area contributed by atoms with Crippen LogP contribution in [0.3, 0.4) is 0 Å². The van der Waals surface area contributed by atoms with E-state index in [2.05, 4.69) is 18.0 Å². The predicted octanol–water partition coefficient (Wildman–Crippen LogP) is 3.27. The second-order valence-corrected chi connectivity index (χ2v) is 4.56. The highest BCUT2D eigenvalue weighted by molar-refractivity contribution is 5.80. The number of hydrogen-bond donors (Lipinski definition) is 1. The molecule has 1 aromatic heterocycles. The van der Waals surface area contributed by atoms with Crippen molar-refractivity contribution in [3.63, 3.8) is 0 Å². The monoisotopic (exact) mass is 205 g/mol. The lowest BCUT2D eigenvalue weighted by atomic mass is 9.75. The first-order valence-electron chi connectivity index (χ1n) is 5.96. The lowest BCUT2D eigenvalue weighted by Crippen LogP contribution is -2.23. The summed E-state index contributed by atoms with van der Waals surface area (Å²) in [4.78, 5) is 14.8. The molecule has 0 spiro atoms. The van der Waals surface area contributed by atoms with E-state index in [1.807, 2.05) is 12.3 Å². The molecule has 1 saturated carbocycles. The van der Waals surface area contributed by atoms with Gasteiger partial charge in [0.05, 0.1) is 0 Å². The number of carbonyl (C=O) groups is 1. The van der Waals surface area contributed by atoms with Crippen LogP contribution in [0.4, 0.5) is 0 Å². The van der Waals surface area contributed by atoms with Crippen molar-refractivity contribution in [2.45, 2.75) is 44.9 Å². The number of aromatic nitrogens is 1. The molecular formula is C13H19NO. The zero-order chi connectivity index (χ0) is 10.7. The number of aromatic amines is 1. The fourth-order valence-corrected chi connectivity index (χ4v) is 2.72. The molecule has 1 aliphatic rings. The van der Waals surface area contributed by atoms with Crippen molar-refractivity contribution in [1.29, 1.82) is 0 Å². The van der Waals surface area contributed by atoms with Crippen molar-refractivity contribution in [3.05, 3.63) is 24.0 Å². The van der Waals surface area contributed by atoms with E-state index in [0.29, 0.717) is 17.6 Å². The molecule has 82 valence electrons. The average molecular weight is 205 g/mol. The Labute approximate surface area is 91.1 Å². The maximum atomic E-state index is 11.5. The predicted molar refractivity (Wildman–Crippen MR) is 60.8 cm³/mol. The van der Waals surface area contributed by atoms with Crippen molar-refractivity contribution in [1.82, 2.24) is 4.98 Å². The van der Waals surface area contributed by atoms with E-state index in [-0.39, 0.29) is 0 Å². The molecular weight excluding hydrogens is 186 g/mol. The van der Waals surface area contributed by atoms with Gasteiger partial charge in [-0.2, -0.15) is 0 Å². The third-order valence-corrected chi connectivity index (χ3v) is 3.49. The summed E-state index contributed by atoms with van der Waals surface area (Å²) < 4.78 is 0. The van der Waals surface area contributed by atoms with Crippen LogP contribution in [0.25, 0.3) is 0 Å². The van der Waals surface area contributed by atoms with Gasteiger partial charge in [-0.3, -0.25) is 4.79 Å². The third-order valence-electron chi connectivity index (χ3n) is 3.49. The molecule has 1 N–H and O–H groups in total. The van der Waals surface area contributed by atoms with Crippen molar-refractivity contribution in [3.8, 4) is 0 Å². The van der Waals surface area contributed by atoms with Crippen LogP contribution in [-0.4, -0.2) is 10.8 Å². The molecule has 2 rings (SSSR count). The SMILES string of the molecule is CCCC1CCC(=O)CC1c1ccc[nH]1. The molecule has 1 aromatic rings. The number of hydrogen-bond acceptors (Lipinski definition) is 1.